The van der Waals surface area contributed by atoms with E-state index in [4.69, 9.17) is 5.11 Å². The summed E-state index contributed by atoms with van der Waals surface area (Å²) in [7, 11) is 0. The van der Waals surface area contributed by atoms with Crippen molar-refractivity contribution in [2.75, 3.05) is 0 Å². The lowest BCUT2D eigenvalue weighted by Gasteiger charge is -2.08. The van der Waals surface area contributed by atoms with Crippen LogP contribution in [-0.4, -0.2) is 34.2 Å². The maximum Gasteiger partial charge on any atom is 0.310 e. The van der Waals surface area contributed by atoms with Gasteiger partial charge in [0, 0.05) is 11.1 Å². The third-order valence-electron chi connectivity index (χ3n) is 3.06. The SMILES string of the molecule is C[C@H](C(=O)O)c1cccc(C(=O)c2ccccc2)c1.[AlH3]. The Bertz CT molecular complexity index is 608. The first-order valence-corrected chi connectivity index (χ1v) is 6.02. The van der Waals surface area contributed by atoms with Crippen LogP contribution in [0.5, 0.6) is 0 Å². The van der Waals surface area contributed by atoms with E-state index in [2.05, 4.69) is 0 Å². The second-order valence-corrected chi connectivity index (χ2v) is 4.38. The van der Waals surface area contributed by atoms with Crippen molar-refractivity contribution in [2.45, 2.75) is 12.8 Å². The predicted molar refractivity (Wildman–Crippen MR) is 82.3 cm³/mol. The van der Waals surface area contributed by atoms with Gasteiger partial charge in [0.1, 0.15) is 0 Å². The Balaban J connectivity index is 0.00000200. The fourth-order valence-corrected chi connectivity index (χ4v) is 1.85. The summed E-state index contributed by atoms with van der Waals surface area (Å²) in [5, 5.41) is 9.00. The van der Waals surface area contributed by atoms with Crippen molar-refractivity contribution in [3.05, 3.63) is 71.3 Å². The summed E-state index contributed by atoms with van der Waals surface area (Å²) in [6.45, 7) is 1.61. The predicted octanol–water partition coefficient (Wildman–Crippen LogP) is 1.92. The lowest BCUT2D eigenvalue weighted by molar-refractivity contribution is -0.138. The van der Waals surface area contributed by atoms with Crippen LogP contribution < -0.4 is 0 Å². The number of carboxylic acid groups (broad SMARTS) is 1. The zero-order chi connectivity index (χ0) is 13.8. The molecular formula is C16H17AlO3. The largest absolute Gasteiger partial charge is 0.481 e. The molecule has 0 unspecified atom stereocenters. The highest BCUT2D eigenvalue weighted by Crippen LogP contribution is 2.18. The minimum Gasteiger partial charge on any atom is -0.481 e. The molecular weight excluding hydrogens is 267 g/mol. The average Bonchev–Trinajstić information content (AvgIpc) is 2.46. The molecule has 2 aromatic rings. The van der Waals surface area contributed by atoms with E-state index >= 15 is 0 Å². The van der Waals surface area contributed by atoms with Crippen LogP contribution in [-0.2, 0) is 4.79 Å². The molecule has 0 saturated carbocycles. The van der Waals surface area contributed by atoms with E-state index in [1.807, 2.05) is 6.07 Å². The molecule has 0 spiro atoms. The van der Waals surface area contributed by atoms with Gasteiger partial charge in [0.15, 0.2) is 23.1 Å². The summed E-state index contributed by atoms with van der Waals surface area (Å²) < 4.78 is 0. The van der Waals surface area contributed by atoms with Gasteiger partial charge in [-0.15, -0.1) is 0 Å². The number of aliphatic carboxylic acids is 1. The van der Waals surface area contributed by atoms with Crippen LogP contribution in [0.3, 0.4) is 0 Å². The fraction of sp³-hybridized carbons (Fsp3) is 0.125. The normalized spacial score (nSPS) is 11.2. The monoisotopic (exact) mass is 284 g/mol. The van der Waals surface area contributed by atoms with Gasteiger partial charge in [-0.1, -0.05) is 48.5 Å². The molecule has 3 nitrogen and oxygen atoms in total. The Labute approximate surface area is 128 Å². The van der Waals surface area contributed by atoms with E-state index in [0.717, 1.165) is 0 Å². The molecule has 0 aliphatic rings. The second-order valence-electron chi connectivity index (χ2n) is 4.38. The van der Waals surface area contributed by atoms with Crippen molar-refractivity contribution >= 4 is 29.1 Å². The lowest BCUT2D eigenvalue weighted by Crippen LogP contribution is -2.09. The van der Waals surface area contributed by atoms with Gasteiger partial charge in [0.05, 0.1) is 5.92 Å². The molecule has 0 aromatic heterocycles. The van der Waals surface area contributed by atoms with Crippen molar-refractivity contribution in [1.29, 1.82) is 0 Å². The van der Waals surface area contributed by atoms with E-state index in [0.29, 0.717) is 16.7 Å². The van der Waals surface area contributed by atoms with Crippen LogP contribution in [0, 0.1) is 0 Å². The van der Waals surface area contributed by atoms with Gasteiger partial charge in [0.25, 0.3) is 0 Å². The summed E-state index contributed by atoms with van der Waals surface area (Å²) in [5.41, 5.74) is 1.74. The van der Waals surface area contributed by atoms with Crippen molar-refractivity contribution in [1.82, 2.24) is 0 Å². The van der Waals surface area contributed by atoms with Crippen molar-refractivity contribution in [3.63, 3.8) is 0 Å². The Hall–Kier alpha value is -1.89. The average molecular weight is 284 g/mol. The molecule has 1 atom stereocenters. The van der Waals surface area contributed by atoms with Gasteiger partial charge in [-0.05, 0) is 18.6 Å². The van der Waals surface area contributed by atoms with Gasteiger partial charge in [-0.2, -0.15) is 0 Å². The minimum absolute atomic E-state index is 0. The Morgan fingerprint density at radius 2 is 1.55 bits per heavy atom. The molecule has 0 fully saturated rings. The molecule has 102 valence electrons. The standard InChI is InChI=1S/C16H14O3.Al.3H/c1-11(16(18)19)13-8-5-9-14(10-13)15(17)12-6-3-2-4-7-12;;;;/h2-11H,1H3,(H,18,19);;;;/t11-;;;;/m0..../s1. The minimum atomic E-state index is -0.899. The van der Waals surface area contributed by atoms with Crippen LogP contribution in [0.25, 0.3) is 0 Å². The van der Waals surface area contributed by atoms with Gasteiger partial charge >= 0.3 is 5.97 Å². The highest BCUT2D eigenvalue weighted by molar-refractivity contribution is 6.09. The van der Waals surface area contributed by atoms with Crippen LogP contribution >= 0.6 is 0 Å². The van der Waals surface area contributed by atoms with E-state index in [1.165, 1.54) is 0 Å². The maximum atomic E-state index is 12.2. The Morgan fingerprint density at radius 1 is 0.950 bits per heavy atom. The molecule has 0 heterocycles. The highest BCUT2D eigenvalue weighted by Gasteiger charge is 2.16. The Morgan fingerprint density at radius 3 is 2.15 bits per heavy atom. The van der Waals surface area contributed by atoms with Crippen molar-refractivity contribution < 1.29 is 14.7 Å². The molecule has 1 N–H and O–H groups in total. The van der Waals surface area contributed by atoms with Gasteiger partial charge < -0.3 is 5.11 Å². The van der Waals surface area contributed by atoms with E-state index in [9.17, 15) is 9.59 Å². The van der Waals surface area contributed by atoms with Crippen LogP contribution in [0.1, 0.15) is 34.3 Å². The first kappa shape index (κ1) is 16.2. The molecule has 0 amide bonds. The summed E-state index contributed by atoms with van der Waals surface area (Å²) in [6.07, 6.45) is 0. The lowest BCUT2D eigenvalue weighted by atomic mass is 9.96. The first-order valence-electron chi connectivity index (χ1n) is 6.02. The number of benzene rings is 2. The molecule has 0 aliphatic carbocycles. The summed E-state index contributed by atoms with van der Waals surface area (Å²) >= 11 is 0. The van der Waals surface area contributed by atoms with E-state index in [-0.39, 0.29) is 23.1 Å². The number of carbonyl (C=O) groups excluding carboxylic acids is 1. The topological polar surface area (TPSA) is 54.4 Å². The molecule has 0 bridgehead atoms. The first-order chi connectivity index (χ1) is 9.09. The van der Waals surface area contributed by atoms with Crippen LogP contribution in [0.4, 0.5) is 0 Å². The number of carboxylic acids is 1. The summed E-state index contributed by atoms with van der Waals surface area (Å²) in [6, 6.07) is 15.7. The molecule has 20 heavy (non-hydrogen) atoms. The molecule has 0 saturated heterocycles. The summed E-state index contributed by atoms with van der Waals surface area (Å²) in [4.78, 5) is 23.2. The summed E-state index contributed by atoms with van der Waals surface area (Å²) in [5.74, 6) is -1.62. The quantitative estimate of drug-likeness (QED) is 0.689. The number of ketones is 1. The molecule has 0 radical (unpaired) electrons. The van der Waals surface area contributed by atoms with E-state index in [1.54, 1.807) is 55.5 Å². The van der Waals surface area contributed by atoms with Gasteiger partial charge in [-0.3, -0.25) is 9.59 Å². The molecule has 2 rings (SSSR count). The smallest absolute Gasteiger partial charge is 0.310 e. The van der Waals surface area contributed by atoms with Crippen molar-refractivity contribution in [2.24, 2.45) is 0 Å². The third-order valence-corrected chi connectivity index (χ3v) is 3.06. The fourth-order valence-electron chi connectivity index (χ4n) is 1.85. The van der Waals surface area contributed by atoms with Gasteiger partial charge in [0.2, 0.25) is 0 Å². The van der Waals surface area contributed by atoms with Gasteiger partial charge in [-0.25, -0.2) is 0 Å². The zero-order valence-corrected chi connectivity index (χ0v) is 10.5. The van der Waals surface area contributed by atoms with E-state index < -0.39 is 11.9 Å². The number of hydrogen-bond donors (Lipinski definition) is 1. The number of rotatable bonds is 4. The maximum absolute atomic E-state index is 12.2. The Kier molecular flexibility index (Phi) is 5.69. The molecule has 2 aromatic carbocycles. The second kappa shape index (κ2) is 7.04. The number of carbonyl (C=O) groups is 2. The van der Waals surface area contributed by atoms with Crippen LogP contribution in [0.2, 0.25) is 0 Å². The van der Waals surface area contributed by atoms with Crippen LogP contribution in [0.15, 0.2) is 54.6 Å². The molecule has 0 aliphatic heterocycles. The number of hydrogen-bond acceptors (Lipinski definition) is 2. The highest BCUT2D eigenvalue weighted by atomic mass is 27.0. The van der Waals surface area contributed by atoms with Crippen molar-refractivity contribution in [3.8, 4) is 0 Å². The zero-order valence-electron chi connectivity index (χ0n) is 10.5. The third kappa shape index (κ3) is 3.57. The molecule has 4 heteroatoms.